The Labute approximate surface area is 141 Å². The first-order valence-corrected chi connectivity index (χ1v) is 7.80. The number of carbonyl (C=O) groups is 1. The number of anilines is 1. The number of carbonyl (C=O) groups excluding carboxylic acids is 1. The van der Waals surface area contributed by atoms with Crippen molar-refractivity contribution in [3.8, 4) is 0 Å². The van der Waals surface area contributed by atoms with Crippen LogP contribution in [0.1, 0.15) is 10.4 Å². The largest absolute Gasteiger partial charge is 0.360 e. The van der Waals surface area contributed by atoms with Crippen molar-refractivity contribution >= 4 is 23.7 Å². The van der Waals surface area contributed by atoms with Crippen LogP contribution < -0.4 is 11.0 Å². The van der Waals surface area contributed by atoms with E-state index in [1.807, 2.05) is 18.2 Å². The Morgan fingerprint density at radius 3 is 2.33 bits per heavy atom. The maximum absolute atomic E-state index is 14.2. The summed E-state index contributed by atoms with van der Waals surface area (Å²) in [6.45, 7) is 0. The summed E-state index contributed by atoms with van der Waals surface area (Å²) in [4.78, 5) is 28.4. The fraction of sp³-hybridized carbons (Fsp3) is 0. The van der Waals surface area contributed by atoms with Crippen molar-refractivity contribution in [2.75, 3.05) is 5.32 Å². The van der Waals surface area contributed by atoms with Gasteiger partial charge >= 0.3 is 5.69 Å². The molecule has 1 aromatic heterocycles. The average molecular weight is 341 g/mol. The highest BCUT2D eigenvalue weighted by Crippen LogP contribution is 2.19. The van der Waals surface area contributed by atoms with Gasteiger partial charge in [0.2, 0.25) is 0 Å². The van der Waals surface area contributed by atoms with Crippen LogP contribution in [0.3, 0.4) is 0 Å². The zero-order valence-electron chi connectivity index (χ0n) is 12.3. The molecule has 24 heavy (non-hydrogen) atoms. The second-order valence-corrected chi connectivity index (χ2v) is 5.82. The Morgan fingerprint density at radius 2 is 1.67 bits per heavy atom. The number of nitrogens with zero attached hydrogens (tertiary/aromatic N) is 2. The van der Waals surface area contributed by atoms with Crippen LogP contribution in [0.15, 0.2) is 76.6 Å². The van der Waals surface area contributed by atoms with Crippen molar-refractivity contribution in [2.45, 2.75) is 4.90 Å². The fourth-order valence-electron chi connectivity index (χ4n) is 1.93. The molecule has 3 rings (SSSR count). The summed E-state index contributed by atoms with van der Waals surface area (Å²) >= 11 is 1.04. The molecule has 1 amide bonds. The van der Waals surface area contributed by atoms with E-state index in [9.17, 15) is 14.0 Å². The van der Waals surface area contributed by atoms with Gasteiger partial charge in [0.05, 0.1) is 6.20 Å². The molecule has 120 valence electrons. The number of hydrogen-bond acceptors (Lipinski definition) is 4. The third kappa shape index (κ3) is 3.69. The van der Waals surface area contributed by atoms with E-state index >= 15 is 0 Å². The first-order chi connectivity index (χ1) is 11.6. The van der Waals surface area contributed by atoms with Gasteiger partial charge in [-0.25, -0.2) is 13.2 Å². The summed E-state index contributed by atoms with van der Waals surface area (Å²) < 4.78 is 15.2. The Balaban J connectivity index is 1.82. The molecule has 1 heterocycles. The highest BCUT2D eigenvalue weighted by Gasteiger charge is 2.13. The van der Waals surface area contributed by atoms with Gasteiger partial charge in [-0.2, -0.15) is 4.98 Å². The topological polar surface area (TPSA) is 64.0 Å². The molecule has 0 fully saturated rings. The molecule has 7 heteroatoms. The van der Waals surface area contributed by atoms with Crippen molar-refractivity contribution in [1.29, 1.82) is 0 Å². The van der Waals surface area contributed by atoms with E-state index in [0.29, 0.717) is 5.56 Å². The third-order valence-electron chi connectivity index (χ3n) is 3.07. The van der Waals surface area contributed by atoms with Crippen LogP contribution in [0.4, 0.5) is 10.2 Å². The van der Waals surface area contributed by atoms with Gasteiger partial charge in [0, 0.05) is 10.5 Å². The summed E-state index contributed by atoms with van der Waals surface area (Å²) in [7, 11) is 0. The molecule has 1 N–H and O–H groups in total. The van der Waals surface area contributed by atoms with Gasteiger partial charge in [-0.1, -0.05) is 36.4 Å². The van der Waals surface area contributed by atoms with Gasteiger partial charge < -0.3 is 5.32 Å². The van der Waals surface area contributed by atoms with E-state index in [1.165, 1.54) is 0 Å². The van der Waals surface area contributed by atoms with Crippen LogP contribution in [0, 0.1) is 5.82 Å². The lowest BCUT2D eigenvalue weighted by Gasteiger charge is -2.08. The van der Waals surface area contributed by atoms with Crippen LogP contribution >= 0.6 is 11.9 Å². The minimum absolute atomic E-state index is 0.349. The summed E-state index contributed by atoms with van der Waals surface area (Å²) in [6, 6.07) is 17.3. The Morgan fingerprint density at radius 1 is 1.04 bits per heavy atom. The molecule has 0 saturated carbocycles. The highest BCUT2D eigenvalue weighted by molar-refractivity contribution is 7.97. The Bertz CT molecular complexity index is 914. The van der Waals surface area contributed by atoms with Gasteiger partial charge in [-0.05, 0) is 36.2 Å². The second kappa shape index (κ2) is 7.10. The Kier molecular flexibility index (Phi) is 4.72. The molecule has 0 aliphatic heterocycles. The van der Waals surface area contributed by atoms with Crippen molar-refractivity contribution in [2.24, 2.45) is 0 Å². The molecular formula is C17H12FN3O2S. The molecule has 0 saturated heterocycles. The summed E-state index contributed by atoms with van der Waals surface area (Å²) in [5.74, 6) is -1.71. The molecule has 0 atom stereocenters. The number of benzene rings is 2. The van der Waals surface area contributed by atoms with Gasteiger partial charge in [0.25, 0.3) is 5.91 Å². The fourth-order valence-corrected chi connectivity index (χ4v) is 2.70. The third-order valence-corrected chi connectivity index (χ3v) is 4.01. The lowest BCUT2D eigenvalue weighted by Crippen LogP contribution is -2.23. The van der Waals surface area contributed by atoms with E-state index in [1.54, 1.807) is 42.5 Å². The molecule has 5 nitrogen and oxygen atoms in total. The minimum Gasteiger partial charge on any atom is -0.304 e. The lowest BCUT2D eigenvalue weighted by molar-refractivity contribution is 0.102. The number of halogens is 1. The zero-order chi connectivity index (χ0) is 16.9. The molecule has 0 aliphatic rings. The van der Waals surface area contributed by atoms with E-state index in [-0.39, 0.29) is 0 Å². The molecule has 0 radical (unpaired) electrons. The van der Waals surface area contributed by atoms with Crippen LogP contribution in [0.25, 0.3) is 0 Å². The predicted molar refractivity (Wildman–Crippen MR) is 90.5 cm³/mol. The second-order valence-electron chi connectivity index (χ2n) is 4.77. The van der Waals surface area contributed by atoms with Gasteiger partial charge in [-0.15, -0.1) is 0 Å². The maximum Gasteiger partial charge on any atom is 0.360 e. The van der Waals surface area contributed by atoms with Crippen LogP contribution in [0.5, 0.6) is 0 Å². The molecule has 0 unspecified atom stereocenters. The van der Waals surface area contributed by atoms with Crippen LogP contribution in [0.2, 0.25) is 0 Å². The van der Waals surface area contributed by atoms with Crippen molar-refractivity contribution in [1.82, 2.24) is 8.96 Å². The zero-order valence-corrected chi connectivity index (χ0v) is 13.2. The summed E-state index contributed by atoms with van der Waals surface area (Å²) in [5.41, 5.74) is -0.324. The lowest BCUT2D eigenvalue weighted by atomic mass is 10.2. The first kappa shape index (κ1) is 15.9. The SMILES string of the molecule is O=C(Nc1nc(=O)n(Sc2ccccc2)cc1F)c1ccccc1. The first-order valence-electron chi connectivity index (χ1n) is 7.02. The number of nitrogens with one attached hydrogen (secondary N) is 1. The maximum atomic E-state index is 14.2. The molecule has 0 aliphatic carbocycles. The number of hydrogen-bond donors (Lipinski definition) is 1. The van der Waals surface area contributed by atoms with Crippen molar-refractivity contribution in [3.63, 3.8) is 0 Å². The standard InChI is InChI=1S/C17H12FN3O2S/c18-14-11-21(24-13-9-5-2-6-10-13)17(23)20-15(14)19-16(22)12-7-3-1-4-8-12/h1-11H,(H,19,20,22,23). The van der Waals surface area contributed by atoms with E-state index in [4.69, 9.17) is 0 Å². The van der Waals surface area contributed by atoms with Crippen LogP contribution in [-0.2, 0) is 0 Å². The number of aromatic nitrogens is 2. The molecule has 2 aromatic carbocycles. The monoisotopic (exact) mass is 341 g/mol. The average Bonchev–Trinajstić information content (AvgIpc) is 2.61. The number of rotatable bonds is 4. The van der Waals surface area contributed by atoms with E-state index < -0.39 is 23.2 Å². The minimum atomic E-state index is -0.790. The Hall–Kier alpha value is -2.93. The normalized spacial score (nSPS) is 10.4. The van der Waals surface area contributed by atoms with E-state index in [2.05, 4.69) is 10.3 Å². The van der Waals surface area contributed by atoms with Gasteiger partial charge in [-0.3, -0.25) is 4.79 Å². The highest BCUT2D eigenvalue weighted by atomic mass is 32.2. The van der Waals surface area contributed by atoms with Crippen molar-refractivity contribution in [3.05, 3.63) is 88.7 Å². The molecule has 3 aromatic rings. The smallest absolute Gasteiger partial charge is 0.304 e. The molecule has 0 spiro atoms. The predicted octanol–water partition coefficient (Wildman–Crippen LogP) is 3.19. The van der Waals surface area contributed by atoms with E-state index in [0.717, 1.165) is 27.0 Å². The summed E-state index contributed by atoms with van der Waals surface area (Å²) in [6.07, 6.45) is 1.01. The van der Waals surface area contributed by atoms with Crippen LogP contribution in [-0.4, -0.2) is 14.9 Å². The van der Waals surface area contributed by atoms with Gasteiger partial charge in [0.1, 0.15) is 0 Å². The van der Waals surface area contributed by atoms with Crippen molar-refractivity contribution < 1.29 is 9.18 Å². The molecule has 0 bridgehead atoms. The van der Waals surface area contributed by atoms with Gasteiger partial charge in [0.15, 0.2) is 11.6 Å². The summed E-state index contributed by atoms with van der Waals surface area (Å²) in [5, 5.41) is 2.31. The number of amides is 1. The quantitative estimate of drug-likeness (QED) is 0.791. The molecular weight excluding hydrogens is 329 g/mol.